The van der Waals surface area contributed by atoms with Crippen molar-refractivity contribution in [1.29, 1.82) is 0 Å². The molecule has 0 bridgehead atoms. The fraction of sp³-hybridized carbons (Fsp3) is 0.333. The molecule has 2 rings (SSSR count). The lowest BCUT2D eigenvalue weighted by Crippen LogP contribution is -2.14. The van der Waals surface area contributed by atoms with Crippen molar-refractivity contribution in [3.63, 3.8) is 0 Å². The van der Waals surface area contributed by atoms with Crippen molar-refractivity contribution in [2.75, 3.05) is 17.7 Å². The summed E-state index contributed by atoms with van der Waals surface area (Å²) in [7, 11) is 1.51. The van der Waals surface area contributed by atoms with Crippen LogP contribution in [0.5, 0.6) is 0 Å². The van der Waals surface area contributed by atoms with Crippen LogP contribution in [0.2, 0.25) is 0 Å². The van der Waals surface area contributed by atoms with Crippen molar-refractivity contribution in [2.24, 2.45) is 0 Å². The zero-order valence-electron chi connectivity index (χ0n) is 10.9. The normalized spacial score (nSPS) is 11.4. The molecule has 0 aromatic carbocycles. The first-order valence-corrected chi connectivity index (χ1v) is 6.63. The molecular weight excluding hydrogens is 289 g/mol. The predicted octanol–water partition coefficient (Wildman–Crippen LogP) is 3.52. The van der Waals surface area contributed by atoms with E-state index in [2.05, 4.69) is 20.6 Å². The minimum Gasteiger partial charge on any atom is -0.373 e. The first kappa shape index (κ1) is 14.6. The fourth-order valence-electron chi connectivity index (χ4n) is 1.55. The lowest BCUT2D eigenvalue weighted by atomic mass is 10.4. The number of aromatic nitrogens is 2. The van der Waals surface area contributed by atoms with Crippen LogP contribution in [0.1, 0.15) is 15.6 Å². The highest BCUT2D eigenvalue weighted by Crippen LogP contribution is 2.28. The number of thiophene rings is 1. The Morgan fingerprint density at radius 3 is 2.45 bits per heavy atom. The van der Waals surface area contributed by atoms with E-state index in [0.717, 1.165) is 9.75 Å². The van der Waals surface area contributed by atoms with Crippen LogP contribution < -0.4 is 10.6 Å². The minimum atomic E-state index is -4.57. The van der Waals surface area contributed by atoms with Gasteiger partial charge in [0.25, 0.3) is 0 Å². The van der Waals surface area contributed by atoms with E-state index in [1.165, 1.54) is 13.1 Å². The Bertz CT molecular complexity index is 595. The standard InChI is InChI=1S/C12H13F3N4S/c1-7-3-4-8(20-7)6-17-10-5-9(16-2)18-11(19-10)12(13,14)15/h3-5H,6H2,1-2H3,(H2,16,17,18,19). The van der Waals surface area contributed by atoms with E-state index in [1.54, 1.807) is 11.3 Å². The van der Waals surface area contributed by atoms with Gasteiger partial charge in [-0.05, 0) is 19.1 Å². The topological polar surface area (TPSA) is 49.8 Å². The molecule has 0 fully saturated rings. The molecule has 0 aliphatic carbocycles. The number of aryl methyl sites for hydroxylation is 1. The maximum Gasteiger partial charge on any atom is 0.451 e. The Morgan fingerprint density at radius 1 is 1.20 bits per heavy atom. The molecule has 2 aromatic rings. The van der Waals surface area contributed by atoms with Gasteiger partial charge < -0.3 is 10.6 Å². The molecule has 8 heteroatoms. The van der Waals surface area contributed by atoms with Gasteiger partial charge in [0.2, 0.25) is 5.82 Å². The number of hydrogen-bond donors (Lipinski definition) is 2. The Labute approximate surface area is 118 Å². The second-order valence-corrected chi connectivity index (χ2v) is 5.45. The van der Waals surface area contributed by atoms with Gasteiger partial charge in [0.15, 0.2) is 0 Å². The lowest BCUT2D eigenvalue weighted by Gasteiger charge is -2.10. The van der Waals surface area contributed by atoms with Gasteiger partial charge in [-0.2, -0.15) is 13.2 Å². The quantitative estimate of drug-likeness (QED) is 0.907. The van der Waals surface area contributed by atoms with Gasteiger partial charge >= 0.3 is 6.18 Å². The largest absolute Gasteiger partial charge is 0.451 e. The summed E-state index contributed by atoms with van der Waals surface area (Å²) in [6, 6.07) is 5.33. The zero-order chi connectivity index (χ0) is 14.8. The average molecular weight is 302 g/mol. The maximum atomic E-state index is 12.7. The highest BCUT2D eigenvalue weighted by molar-refractivity contribution is 7.11. The van der Waals surface area contributed by atoms with E-state index in [4.69, 9.17) is 0 Å². The summed E-state index contributed by atoms with van der Waals surface area (Å²) >= 11 is 1.58. The highest BCUT2D eigenvalue weighted by atomic mass is 32.1. The van der Waals surface area contributed by atoms with E-state index in [-0.39, 0.29) is 11.6 Å². The van der Waals surface area contributed by atoms with Crippen LogP contribution in [-0.2, 0) is 12.7 Å². The van der Waals surface area contributed by atoms with Crippen LogP contribution in [0.25, 0.3) is 0 Å². The number of nitrogens with zero attached hydrogens (tertiary/aromatic N) is 2. The van der Waals surface area contributed by atoms with Crippen LogP contribution in [0.4, 0.5) is 24.8 Å². The average Bonchev–Trinajstić information content (AvgIpc) is 2.81. The molecule has 2 N–H and O–H groups in total. The summed E-state index contributed by atoms with van der Waals surface area (Å²) in [5.74, 6) is -0.894. The number of anilines is 2. The third-order valence-corrected chi connectivity index (χ3v) is 3.48. The molecule has 0 spiro atoms. The van der Waals surface area contributed by atoms with Crippen molar-refractivity contribution in [3.05, 3.63) is 33.8 Å². The molecule has 4 nitrogen and oxygen atoms in total. The van der Waals surface area contributed by atoms with Gasteiger partial charge in [0.05, 0.1) is 6.54 Å². The first-order chi connectivity index (χ1) is 9.38. The van der Waals surface area contributed by atoms with Crippen LogP contribution in [0, 0.1) is 6.92 Å². The second-order valence-electron chi connectivity index (χ2n) is 4.08. The van der Waals surface area contributed by atoms with Gasteiger partial charge in [0, 0.05) is 22.9 Å². The van der Waals surface area contributed by atoms with Gasteiger partial charge in [-0.3, -0.25) is 0 Å². The molecule has 2 heterocycles. The monoisotopic (exact) mass is 302 g/mol. The van der Waals surface area contributed by atoms with Crippen LogP contribution in [0.15, 0.2) is 18.2 Å². The van der Waals surface area contributed by atoms with E-state index in [1.807, 2.05) is 19.1 Å². The fourth-order valence-corrected chi connectivity index (χ4v) is 2.38. The Balaban J connectivity index is 2.18. The van der Waals surface area contributed by atoms with E-state index in [9.17, 15) is 13.2 Å². The first-order valence-electron chi connectivity index (χ1n) is 5.81. The highest BCUT2D eigenvalue weighted by Gasteiger charge is 2.35. The van der Waals surface area contributed by atoms with Gasteiger partial charge in [-0.15, -0.1) is 11.3 Å². The van der Waals surface area contributed by atoms with Crippen LogP contribution in [-0.4, -0.2) is 17.0 Å². The molecule has 0 saturated carbocycles. The predicted molar refractivity (Wildman–Crippen MR) is 73.0 cm³/mol. The molecule has 0 aliphatic heterocycles. The van der Waals surface area contributed by atoms with Crippen molar-refractivity contribution in [1.82, 2.24) is 9.97 Å². The Hall–Kier alpha value is -1.83. The molecule has 0 aliphatic rings. The smallest absolute Gasteiger partial charge is 0.373 e. The summed E-state index contributed by atoms with van der Waals surface area (Å²) in [6.07, 6.45) is -4.57. The van der Waals surface area contributed by atoms with E-state index >= 15 is 0 Å². The molecule has 0 amide bonds. The molecule has 0 unspecified atom stereocenters. The van der Waals surface area contributed by atoms with Crippen molar-refractivity contribution in [3.8, 4) is 0 Å². The molecule has 2 aromatic heterocycles. The van der Waals surface area contributed by atoms with Crippen molar-refractivity contribution >= 4 is 23.0 Å². The van der Waals surface area contributed by atoms with E-state index in [0.29, 0.717) is 6.54 Å². The molecule has 20 heavy (non-hydrogen) atoms. The van der Waals surface area contributed by atoms with Crippen LogP contribution >= 0.6 is 11.3 Å². The number of hydrogen-bond acceptors (Lipinski definition) is 5. The summed E-state index contributed by atoms with van der Waals surface area (Å²) in [6.45, 7) is 2.40. The summed E-state index contributed by atoms with van der Waals surface area (Å²) < 4.78 is 38.0. The molecule has 0 radical (unpaired) electrons. The number of rotatable bonds is 4. The van der Waals surface area contributed by atoms with E-state index < -0.39 is 12.0 Å². The SMILES string of the molecule is CNc1cc(NCc2ccc(C)s2)nc(C(F)(F)F)n1. The van der Waals surface area contributed by atoms with Gasteiger partial charge in [-0.1, -0.05) is 0 Å². The summed E-state index contributed by atoms with van der Waals surface area (Å²) in [4.78, 5) is 9.07. The number of alkyl halides is 3. The maximum absolute atomic E-state index is 12.7. The molecular formula is C12H13F3N4S. The molecule has 0 atom stereocenters. The molecule has 108 valence electrons. The minimum absolute atomic E-state index is 0.122. The van der Waals surface area contributed by atoms with Gasteiger partial charge in [0.1, 0.15) is 11.6 Å². The summed E-state index contributed by atoms with van der Waals surface area (Å²) in [5, 5.41) is 5.47. The zero-order valence-corrected chi connectivity index (χ0v) is 11.7. The van der Waals surface area contributed by atoms with Crippen molar-refractivity contribution in [2.45, 2.75) is 19.6 Å². The second kappa shape index (κ2) is 5.66. The Morgan fingerprint density at radius 2 is 1.90 bits per heavy atom. The van der Waals surface area contributed by atoms with Gasteiger partial charge in [-0.25, -0.2) is 9.97 Å². The third-order valence-electron chi connectivity index (χ3n) is 2.48. The molecule has 0 saturated heterocycles. The summed E-state index contributed by atoms with van der Waals surface area (Å²) in [5.41, 5.74) is 0. The lowest BCUT2D eigenvalue weighted by molar-refractivity contribution is -0.144. The van der Waals surface area contributed by atoms with Crippen molar-refractivity contribution < 1.29 is 13.2 Å². The Kier molecular flexibility index (Phi) is 4.12. The number of halogens is 3. The number of nitrogens with one attached hydrogen (secondary N) is 2. The third kappa shape index (κ3) is 3.60. The van der Waals surface area contributed by atoms with Crippen LogP contribution in [0.3, 0.4) is 0 Å².